The summed E-state index contributed by atoms with van der Waals surface area (Å²) in [5, 5.41) is 4.52. The topological polar surface area (TPSA) is 67.4 Å². The number of ether oxygens (including phenoxy) is 1. The molecule has 0 spiro atoms. The normalized spacial score (nSPS) is 14.0. The predicted octanol–water partition coefficient (Wildman–Crippen LogP) is 3.77. The van der Waals surface area contributed by atoms with Crippen LogP contribution < -0.4 is 10.6 Å². The van der Waals surface area contributed by atoms with Gasteiger partial charge in [0.25, 0.3) is 5.91 Å². The van der Waals surface area contributed by atoms with Crippen molar-refractivity contribution in [1.82, 2.24) is 10.6 Å². The number of imide groups is 1. The number of amides is 2. The molecule has 174 valence electrons. The van der Waals surface area contributed by atoms with E-state index in [0.29, 0.717) is 12.1 Å². The van der Waals surface area contributed by atoms with Crippen LogP contribution in [0.15, 0.2) is 42.5 Å². The summed E-state index contributed by atoms with van der Waals surface area (Å²) >= 11 is 0. The van der Waals surface area contributed by atoms with Crippen molar-refractivity contribution in [2.24, 2.45) is 0 Å². The Bertz CT molecular complexity index is 927. The number of hydrogen-bond acceptors (Lipinski definition) is 4. The molecule has 0 saturated heterocycles. The fourth-order valence-electron chi connectivity index (χ4n) is 2.95. The first-order valence-electron chi connectivity index (χ1n) is 8.89. The molecule has 0 heterocycles. The molecule has 0 aliphatic heterocycles. The molecule has 1 unspecified atom stereocenters. The first-order chi connectivity index (χ1) is 14.8. The number of halogens is 7. The SMILES string of the molecule is CNC(COCc1cc(C(F)(F)F)cc(C(F)(F)F)c1)(C(=O)NC=O)c1ccc(F)cc1. The van der Waals surface area contributed by atoms with Gasteiger partial charge >= 0.3 is 12.4 Å². The second-order valence-electron chi connectivity index (χ2n) is 6.66. The molecular weight excluding hydrogens is 449 g/mol. The van der Waals surface area contributed by atoms with Crippen molar-refractivity contribution in [2.75, 3.05) is 13.7 Å². The van der Waals surface area contributed by atoms with E-state index in [-0.39, 0.29) is 18.0 Å². The number of carbonyl (C=O) groups is 2. The summed E-state index contributed by atoms with van der Waals surface area (Å²) in [6.45, 7) is -1.32. The highest BCUT2D eigenvalue weighted by molar-refractivity contribution is 5.94. The summed E-state index contributed by atoms with van der Waals surface area (Å²) in [4.78, 5) is 23.3. The number of carbonyl (C=O) groups excluding carboxylic acids is 2. The van der Waals surface area contributed by atoms with Crippen molar-refractivity contribution in [1.29, 1.82) is 0 Å². The molecular formula is C20H17F7N2O3. The van der Waals surface area contributed by atoms with E-state index in [1.807, 2.05) is 5.32 Å². The molecule has 12 heteroatoms. The lowest BCUT2D eigenvalue weighted by atomic mass is 9.89. The monoisotopic (exact) mass is 466 g/mol. The minimum Gasteiger partial charge on any atom is -0.374 e. The fraction of sp³-hybridized carbons (Fsp3) is 0.300. The summed E-state index contributed by atoms with van der Waals surface area (Å²) in [6.07, 6.45) is -9.97. The first kappa shape index (κ1) is 25.3. The molecule has 2 N–H and O–H groups in total. The maximum atomic E-state index is 13.3. The van der Waals surface area contributed by atoms with Crippen LogP contribution in [-0.2, 0) is 38.8 Å². The van der Waals surface area contributed by atoms with Gasteiger partial charge in [0.2, 0.25) is 6.41 Å². The predicted molar refractivity (Wildman–Crippen MR) is 97.4 cm³/mol. The summed E-state index contributed by atoms with van der Waals surface area (Å²) in [5.74, 6) is -1.55. The van der Waals surface area contributed by atoms with Gasteiger partial charge < -0.3 is 10.1 Å². The lowest BCUT2D eigenvalue weighted by Crippen LogP contribution is -2.55. The molecule has 0 fully saturated rings. The van der Waals surface area contributed by atoms with E-state index in [4.69, 9.17) is 4.74 Å². The van der Waals surface area contributed by atoms with Crippen LogP contribution in [0.1, 0.15) is 22.3 Å². The molecule has 0 bridgehead atoms. The lowest BCUT2D eigenvalue weighted by molar-refractivity contribution is -0.143. The molecule has 0 aliphatic rings. The fourth-order valence-corrected chi connectivity index (χ4v) is 2.95. The number of alkyl halides is 6. The van der Waals surface area contributed by atoms with Crippen LogP contribution in [0.3, 0.4) is 0 Å². The number of benzene rings is 2. The average Bonchev–Trinajstić information content (AvgIpc) is 2.71. The van der Waals surface area contributed by atoms with Gasteiger partial charge in [0.1, 0.15) is 11.4 Å². The second kappa shape index (κ2) is 9.65. The molecule has 2 aromatic carbocycles. The molecule has 1 atom stereocenters. The van der Waals surface area contributed by atoms with E-state index in [1.54, 1.807) is 0 Å². The van der Waals surface area contributed by atoms with Crippen molar-refractivity contribution < 1.29 is 45.1 Å². The minimum absolute atomic E-state index is 0.0164. The Labute approximate surface area is 177 Å². The minimum atomic E-state index is -5.03. The quantitative estimate of drug-likeness (QED) is 0.459. The zero-order chi connectivity index (χ0) is 24.2. The van der Waals surface area contributed by atoms with Crippen molar-refractivity contribution >= 4 is 12.3 Å². The maximum Gasteiger partial charge on any atom is 0.416 e. The van der Waals surface area contributed by atoms with Crippen LogP contribution in [0.25, 0.3) is 0 Å². The standard InChI is InChI=1S/C20H17F7N2O3/c1-28-18(17(31)29-11-30,13-2-4-16(21)5-3-13)10-32-9-12-6-14(19(22,23)24)8-15(7-12)20(25,26)27/h2-8,11,28H,9-10H2,1H3,(H,29,30,31). The maximum absolute atomic E-state index is 13.3. The Balaban J connectivity index is 2.35. The third-order valence-electron chi connectivity index (χ3n) is 4.58. The summed E-state index contributed by atoms with van der Waals surface area (Å²) in [5.41, 5.74) is -5.11. The smallest absolute Gasteiger partial charge is 0.374 e. The second-order valence-corrected chi connectivity index (χ2v) is 6.66. The highest BCUT2D eigenvalue weighted by atomic mass is 19.4. The van der Waals surface area contributed by atoms with Gasteiger partial charge in [-0.3, -0.25) is 14.9 Å². The largest absolute Gasteiger partial charge is 0.416 e. The number of hydrogen-bond donors (Lipinski definition) is 2. The van der Waals surface area contributed by atoms with Crippen LogP contribution in [0.5, 0.6) is 0 Å². The van der Waals surface area contributed by atoms with Gasteiger partial charge in [-0.1, -0.05) is 12.1 Å². The Kier molecular flexibility index (Phi) is 7.62. The first-order valence-corrected chi connectivity index (χ1v) is 8.89. The van der Waals surface area contributed by atoms with Crippen molar-refractivity contribution in [3.63, 3.8) is 0 Å². The van der Waals surface area contributed by atoms with Crippen LogP contribution in [0.2, 0.25) is 0 Å². The zero-order valence-corrected chi connectivity index (χ0v) is 16.4. The van der Waals surface area contributed by atoms with Crippen molar-refractivity contribution in [2.45, 2.75) is 24.5 Å². The van der Waals surface area contributed by atoms with Crippen LogP contribution in [0.4, 0.5) is 30.7 Å². The van der Waals surface area contributed by atoms with Crippen LogP contribution >= 0.6 is 0 Å². The molecule has 2 amide bonds. The van der Waals surface area contributed by atoms with Gasteiger partial charge in [-0.15, -0.1) is 0 Å². The van der Waals surface area contributed by atoms with Gasteiger partial charge in [0.05, 0.1) is 24.3 Å². The Hall–Kier alpha value is -2.99. The molecule has 32 heavy (non-hydrogen) atoms. The van der Waals surface area contributed by atoms with E-state index in [9.17, 15) is 40.3 Å². The van der Waals surface area contributed by atoms with E-state index in [1.165, 1.54) is 19.2 Å². The summed E-state index contributed by atoms with van der Waals surface area (Å²) < 4.78 is 96.6. The third kappa shape index (κ3) is 5.82. The molecule has 0 aliphatic carbocycles. The molecule has 0 saturated carbocycles. The van der Waals surface area contributed by atoms with Gasteiger partial charge in [-0.2, -0.15) is 26.3 Å². The lowest BCUT2D eigenvalue weighted by Gasteiger charge is -2.31. The van der Waals surface area contributed by atoms with Gasteiger partial charge in [-0.05, 0) is 48.5 Å². The van der Waals surface area contributed by atoms with Gasteiger partial charge in [-0.25, -0.2) is 4.39 Å². The third-order valence-corrected chi connectivity index (χ3v) is 4.58. The van der Waals surface area contributed by atoms with Crippen LogP contribution in [0, 0.1) is 5.82 Å². The number of likely N-dealkylation sites (N-methyl/N-ethyl adjacent to an activating group) is 1. The summed E-state index contributed by atoms with van der Waals surface area (Å²) in [7, 11) is 1.31. The van der Waals surface area contributed by atoms with Crippen LogP contribution in [-0.4, -0.2) is 26.0 Å². The Morgan fingerprint density at radius 3 is 1.91 bits per heavy atom. The Morgan fingerprint density at radius 1 is 0.938 bits per heavy atom. The van der Waals surface area contributed by atoms with E-state index in [0.717, 1.165) is 12.1 Å². The summed E-state index contributed by atoms with van der Waals surface area (Å²) in [6, 6.07) is 5.46. The van der Waals surface area contributed by atoms with E-state index >= 15 is 0 Å². The zero-order valence-electron chi connectivity index (χ0n) is 16.4. The molecule has 2 aromatic rings. The molecule has 2 rings (SSSR count). The number of nitrogens with one attached hydrogen (secondary N) is 2. The number of rotatable bonds is 8. The van der Waals surface area contributed by atoms with E-state index < -0.39 is 59.5 Å². The van der Waals surface area contributed by atoms with Gasteiger partial charge in [0.15, 0.2) is 0 Å². The Morgan fingerprint density at radius 2 is 1.47 bits per heavy atom. The average molecular weight is 466 g/mol. The van der Waals surface area contributed by atoms with Gasteiger partial charge in [0, 0.05) is 0 Å². The van der Waals surface area contributed by atoms with E-state index in [2.05, 4.69) is 5.32 Å². The highest BCUT2D eigenvalue weighted by Gasteiger charge is 2.40. The van der Waals surface area contributed by atoms with Crippen molar-refractivity contribution in [3.8, 4) is 0 Å². The molecule has 5 nitrogen and oxygen atoms in total. The molecule has 0 aromatic heterocycles. The van der Waals surface area contributed by atoms with Crippen molar-refractivity contribution in [3.05, 3.63) is 70.5 Å². The molecule has 0 radical (unpaired) electrons. The highest BCUT2D eigenvalue weighted by Crippen LogP contribution is 2.36.